The molecule has 2 aromatic rings. The first-order valence-corrected chi connectivity index (χ1v) is 8.29. The van der Waals surface area contributed by atoms with Crippen molar-refractivity contribution in [2.75, 3.05) is 0 Å². The second-order valence-electron chi connectivity index (χ2n) is 9.06. The van der Waals surface area contributed by atoms with Gasteiger partial charge in [0.15, 0.2) is 5.76 Å². The minimum Gasteiger partial charge on any atom is -0.507 e. The van der Waals surface area contributed by atoms with Crippen molar-refractivity contribution < 1.29 is 14.7 Å². The second-order valence-corrected chi connectivity index (χ2v) is 9.06. The van der Waals surface area contributed by atoms with Crippen molar-refractivity contribution >= 4 is 0 Å². The molecule has 2 rings (SSSR count). The van der Waals surface area contributed by atoms with E-state index in [1.807, 2.05) is 12.1 Å². The standard InChI is InChI=1S/C20H29NO3/c1-18(2,3)13-9-12(10-14(17(13)22)19(4,5)6)15-11-16(24-21-15)20(7,8)23/h9-11,22-23H,1-8H3. The van der Waals surface area contributed by atoms with Gasteiger partial charge in [-0.2, -0.15) is 0 Å². The molecule has 2 N–H and O–H groups in total. The molecule has 0 saturated carbocycles. The van der Waals surface area contributed by atoms with Crippen molar-refractivity contribution in [2.24, 2.45) is 0 Å². The Labute approximate surface area is 144 Å². The fraction of sp³-hybridized carbons (Fsp3) is 0.550. The third kappa shape index (κ3) is 3.64. The van der Waals surface area contributed by atoms with Gasteiger partial charge < -0.3 is 14.7 Å². The van der Waals surface area contributed by atoms with Gasteiger partial charge in [0.25, 0.3) is 0 Å². The van der Waals surface area contributed by atoms with E-state index in [0.29, 0.717) is 17.2 Å². The Bertz CT molecular complexity index is 702. The number of phenolic OH excluding ortho intramolecular Hbond substituents is 1. The van der Waals surface area contributed by atoms with Crippen molar-refractivity contribution in [2.45, 2.75) is 71.8 Å². The summed E-state index contributed by atoms with van der Waals surface area (Å²) < 4.78 is 5.30. The van der Waals surface area contributed by atoms with E-state index in [2.05, 4.69) is 46.7 Å². The number of hydrogen-bond acceptors (Lipinski definition) is 4. The maximum Gasteiger partial charge on any atom is 0.168 e. The SMILES string of the molecule is CC(C)(C)c1cc(-c2cc(C(C)(C)O)on2)cc(C(C)(C)C)c1O. The van der Waals surface area contributed by atoms with Crippen LogP contribution in [0.5, 0.6) is 5.75 Å². The molecule has 0 unspecified atom stereocenters. The normalized spacial score (nSPS) is 13.4. The van der Waals surface area contributed by atoms with Gasteiger partial charge in [0.1, 0.15) is 17.0 Å². The number of aliphatic hydroxyl groups is 1. The monoisotopic (exact) mass is 331 g/mol. The largest absolute Gasteiger partial charge is 0.507 e. The molecular weight excluding hydrogens is 302 g/mol. The molecule has 4 nitrogen and oxygen atoms in total. The number of aromatic nitrogens is 1. The van der Waals surface area contributed by atoms with Crippen molar-refractivity contribution in [3.8, 4) is 17.0 Å². The summed E-state index contributed by atoms with van der Waals surface area (Å²) in [6.07, 6.45) is 0. The molecule has 0 bridgehead atoms. The Morgan fingerprint density at radius 2 is 1.29 bits per heavy atom. The van der Waals surface area contributed by atoms with Crippen LogP contribution in [0.25, 0.3) is 11.3 Å². The van der Waals surface area contributed by atoms with Gasteiger partial charge in [-0.1, -0.05) is 46.7 Å². The van der Waals surface area contributed by atoms with Crippen LogP contribution in [0.1, 0.15) is 72.3 Å². The first-order chi connectivity index (χ1) is 10.7. The highest BCUT2D eigenvalue weighted by atomic mass is 16.5. The van der Waals surface area contributed by atoms with Crippen LogP contribution in [0.15, 0.2) is 22.7 Å². The van der Waals surface area contributed by atoms with E-state index >= 15 is 0 Å². The molecule has 24 heavy (non-hydrogen) atoms. The molecule has 0 aliphatic rings. The lowest BCUT2D eigenvalue weighted by Crippen LogP contribution is -2.17. The van der Waals surface area contributed by atoms with Crippen LogP contribution in [-0.2, 0) is 16.4 Å². The Hall–Kier alpha value is -1.81. The number of phenols is 1. The minimum atomic E-state index is -1.08. The Kier molecular flexibility index (Phi) is 4.34. The maximum absolute atomic E-state index is 10.8. The van der Waals surface area contributed by atoms with Crippen LogP contribution in [-0.4, -0.2) is 15.4 Å². The highest BCUT2D eigenvalue weighted by Crippen LogP contribution is 2.42. The van der Waals surface area contributed by atoms with Gasteiger partial charge in [-0.25, -0.2) is 0 Å². The Balaban J connectivity index is 2.69. The molecule has 1 aromatic carbocycles. The summed E-state index contributed by atoms with van der Waals surface area (Å²) in [7, 11) is 0. The molecule has 0 atom stereocenters. The average molecular weight is 331 g/mol. The van der Waals surface area contributed by atoms with E-state index < -0.39 is 5.60 Å². The molecule has 0 aliphatic heterocycles. The lowest BCUT2D eigenvalue weighted by molar-refractivity contribution is 0.0476. The molecule has 0 saturated heterocycles. The number of rotatable bonds is 2. The molecular formula is C20H29NO3. The highest BCUT2D eigenvalue weighted by Gasteiger charge is 2.28. The zero-order chi connectivity index (χ0) is 18.5. The Morgan fingerprint density at radius 1 is 0.833 bits per heavy atom. The highest BCUT2D eigenvalue weighted by molar-refractivity contribution is 5.66. The van der Waals surface area contributed by atoms with E-state index in [4.69, 9.17) is 4.52 Å². The van der Waals surface area contributed by atoms with E-state index in [1.165, 1.54) is 0 Å². The molecule has 4 heteroatoms. The summed E-state index contributed by atoms with van der Waals surface area (Å²) >= 11 is 0. The fourth-order valence-electron chi connectivity index (χ4n) is 2.63. The van der Waals surface area contributed by atoms with Crippen LogP contribution in [0, 0.1) is 0 Å². The fourth-order valence-corrected chi connectivity index (χ4v) is 2.63. The van der Waals surface area contributed by atoms with Crippen molar-refractivity contribution in [3.63, 3.8) is 0 Å². The average Bonchev–Trinajstić information content (AvgIpc) is 2.85. The topological polar surface area (TPSA) is 66.5 Å². The first kappa shape index (κ1) is 18.5. The van der Waals surface area contributed by atoms with E-state index in [1.54, 1.807) is 19.9 Å². The van der Waals surface area contributed by atoms with Crippen LogP contribution in [0.3, 0.4) is 0 Å². The smallest absolute Gasteiger partial charge is 0.168 e. The second kappa shape index (κ2) is 5.62. The predicted octanol–water partition coefficient (Wildman–Crippen LogP) is 4.87. The molecule has 1 heterocycles. The predicted molar refractivity (Wildman–Crippen MR) is 96.2 cm³/mol. The summed E-state index contributed by atoms with van der Waals surface area (Å²) in [5.74, 6) is 0.755. The molecule has 0 aliphatic carbocycles. The van der Waals surface area contributed by atoms with Gasteiger partial charge in [-0.05, 0) is 36.8 Å². The van der Waals surface area contributed by atoms with Crippen LogP contribution in [0.4, 0.5) is 0 Å². The zero-order valence-electron chi connectivity index (χ0n) is 16.0. The van der Waals surface area contributed by atoms with Gasteiger partial charge in [-0.15, -0.1) is 0 Å². The zero-order valence-corrected chi connectivity index (χ0v) is 16.0. The number of benzene rings is 1. The molecule has 0 fully saturated rings. The summed E-state index contributed by atoms with van der Waals surface area (Å²) in [5.41, 5.74) is 1.79. The molecule has 0 radical (unpaired) electrons. The first-order valence-electron chi connectivity index (χ1n) is 8.29. The van der Waals surface area contributed by atoms with Crippen LogP contribution in [0.2, 0.25) is 0 Å². The number of hydrogen-bond donors (Lipinski definition) is 2. The molecule has 0 amide bonds. The van der Waals surface area contributed by atoms with Crippen molar-refractivity contribution in [1.29, 1.82) is 0 Å². The van der Waals surface area contributed by atoms with Gasteiger partial charge >= 0.3 is 0 Å². The number of aromatic hydroxyl groups is 1. The quantitative estimate of drug-likeness (QED) is 0.824. The molecule has 132 valence electrons. The third-order valence-corrected chi connectivity index (χ3v) is 4.13. The summed E-state index contributed by atoms with van der Waals surface area (Å²) in [4.78, 5) is 0. The molecule has 0 spiro atoms. The lowest BCUT2D eigenvalue weighted by Gasteiger charge is -2.28. The van der Waals surface area contributed by atoms with Gasteiger partial charge in [-0.3, -0.25) is 0 Å². The Morgan fingerprint density at radius 3 is 1.62 bits per heavy atom. The van der Waals surface area contributed by atoms with Crippen molar-refractivity contribution in [1.82, 2.24) is 5.16 Å². The summed E-state index contributed by atoms with van der Waals surface area (Å²) in [6, 6.07) is 5.67. The van der Waals surface area contributed by atoms with E-state index in [-0.39, 0.29) is 10.8 Å². The lowest BCUT2D eigenvalue weighted by atomic mass is 9.78. The third-order valence-electron chi connectivity index (χ3n) is 4.13. The summed E-state index contributed by atoms with van der Waals surface area (Å²) in [6.45, 7) is 15.8. The van der Waals surface area contributed by atoms with Gasteiger partial charge in [0.2, 0.25) is 0 Å². The van der Waals surface area contributed by atoms with Gasteiger partial charge in [0.05, 0.1) is 0 Å². The van der Waals surface area contributed by atoms with E-state index in [9.17, 15) is 10.2 Å². The molecule has 1 aromatic heterocycles. The number of nitrogens with zero attached hydrogens (tertiary/aromatic N) is 1. The maximum atomic E-state index is 10.8. The van der Waals surface area contributed by atoms with Crippen LogP contribution >= 0.6 is 0 Å². The summed E-state index contributed by atoms with van der Waals surface area (Å²) in [5, 5.41) is 25.0. The van der Waals surface area contributed by atoms with Gasteiger partial charge in [0, 0.05) is 22.8 Å². The minimum absolute atomic E-state index is 0.205. The van der Waals surface area contributed by atoms with Crippen LogP contribution < -0.4 is 0 Å². The van der Waals surface area contributed by atoms with E-state index in [0.717, 1.165) is 16.7 Å². The van der Waals surface area contributed by atoms with Crippen molar-refractivity contribution in [3.05, 3.63) is 35.1 Å².